The van der Waals surface area contributed by atoms with E-state index in [4.69, 9.17) is 23.2 Å². The smallest absolute Gasteiger partial charge is 0.191 e. The Kier molecular flexibility index (Phi) is 8.65. The summed E-state index contributed by atoms with van der Waals surface area (Å²) in [7, 11) is 1.88. The van der Waals surface area contributed by atoms with E-state index in [1.165, 1.54) is 0 Å². The molecule has 0 spiro atoms. The number of nitrogens with one attached hydrogen (secondary N) is 2. The molecule has 3 rings (SSSR count). The maximum Gasteiger partial charge on any atom is 0.191 e. The van der Waals surface area contributed by atoms with Crippen molar-refractivity contribution in [1.82, 2.24) is 25.0 Å². The number of aromatic nitrogens is 3. The molecule has 2 N–H and O–H groups in total. The molecule has 0 aliphatic heterocycles. The summed E-state index contributed by atoms with van der Waals surface area (Å²) in [6.07, 6.45) is 3.82. The Bertz CT molecular complexity index is 920. The fraction of sp³-hybridized carbons (Fsp3) is 0.263. The lowest BCUT2D eigenvalue weighted by molar-refractivity contribution is 0.752. The molecular formula is C19H23Cl2IN6. The molecule has 0 saturated heterocycles. The monoisotopic (exact) mass is 532 g/mol. The highest BCUT2D eigenvalue weighted by atomic mass is 127. The zero-order valence-corrected chi connectivity index (χ0v) is 19.5. The molecule has 0 unspecified atom stereocenters. The zero-order valence-electron chi connectivity index (χ0n) is 15.7. The van der Waals surface area contributed by atoms with Gasteiger partial charge in [-0.25, -0.2) is 9.67 Å². The molecule has 1 aromatic carbocycles. The van der Waals surface area contributed by atoms with Gasteiger partial charge in [0.25, 0.3) is 0 Å². The predicted molar refractivity (Wildman–Crippen MR) is 126 cm³/mol. The molecule has 9 heteroatoms. The van der Waals surface area contributed by atoms with Gasteiger partial charge < -0.3 is 15.2 Å². The van der Waals surface area contributed by atoms with Gasteiger partial charge in [0.15, 0.2) is 5.96 Å². The Morgan fingerprint density at radius 2 is 1.93 bits per heavy atom. The van der Waals surface area contributed by atoms with Crippen LogP contribution < -0.4 is 10.6 Å². The predicted octanol–water partition coefficient (Wildman–Crippen LogP) is 4.39. The number of rotatable bonds is 6. The number of benzene rings is 1. The summed E-state index contributed by atoms with van der Waals surface area (Å²) < 4.78 is 3.70. The van der Waals surface area contributed by atoms with Gasteiger partial charge in [-0.15, -0.1) is 24.0 Å². The molecule has 0 atom stereocenters. The van der Waals surface area contributed by atoms with Gasteiger partial charge in [0.1, 0.15) is 5.15 Å². The summed E-state index contributed by atoms with van der Waals surface area (Å²) in [5, 5.41) is 12.0. The fourth-order valence-electron chi connectivity index (χ4n) is 2.61. The van der Waals surface area contributed by atoms with E-state index in [1.807, 2.05) is 72.0 Å². The van der Waals surface area contributed by atoms with Crippen LogP contribution >= 0.6 is 47.2 Å². The van der Waals surface area contributed by atoms with Gasteiger partial charge in [-0.1, -0.05) is 41.4 Å². The molecule has 6 nitrogen and oxygen atoms in total. The number of guanidine groups is 1. The summed E-state index contributed by atoms with van der Waals surface area (Å²) in [6, 6.07) is 11.8. The highest BCUT2D eigenvalue weighted by Gasteiger charge is 2.09. The molecule has 2 heterocycles. The summed E-state index contributed by atoms with van der Waals surface area (Å²) in [5.74, 6) is 0.721. The number of aliphatic imine (C=N–C) groups is 1. The van der Waals surface area contributed by atoms with Crippen LogP contribution in [0.5, 0.6) is 0 Å². The molecule has 0 aliphatic carbocycles. The number of hydrogen-bond acceptors (Lipinski definition) is 2. The van der Waals surface area contributed by atoms with Crippen LogP contribution in [0.2, 0.25) is 10.2 Å². The standard InChI is InChI=1S/C19H22Cl2N6.HI/c1-3-22-19(24-12-16-9-17(20)18(21)26(16)2)23-10-14-11-25-27(13-14)15-7-5-4-6-8-15;/h4-9,11,13H,3,10,12H2,1-2H3,(H2,22,23,24);1H. The van der Waals surface area contributed by atoms with Crippen molar-refractivity contribution in [2.24, 2.45) is 12.0 Å². The molecule has 2 aromatic heterocycles. The highest BCUT2D eigenvalue weighted by Crippen LogP contribution is 2.24. The molecular weight excluding hydrogens is 510 g/mol. The number of hydrogen-bond donors (Lipinski definition) is 2. The number of nitrogens with zero attached hydrogens (tertiary/aromatic N) is 4. The summed E-state index contributed by atoms with van der Waals surface area (Å²) >= 11 is 12.2. The van der Waals surface area contributed by atoms with Gasteiger partial charge in [0.2, 0.25) is 0 Å². The van der Waals surface area contributed by atoms with Crippen LogP contribution in [0.4, 0.5) is 0 Å². The van der Waals surface area contributed by atoms with E-state index in [2.05, 4.69) is 20.7 Å². The molecule has 0 bridgehead atoms. The first-order chi connectivity index (χ1) is 13.1. The summed E-state index contributed by atoms with van der Waals surface area (Å²) in [4.78, 5) is 4.63. The second kappa shape index (κ2) is 10.7. The van der Waals surface area contributed by atoms with Crippen molar-refractivity contribution in [3.8, 4) is 5.69 Å². The maximum absolute atomic E-state index is 6.12. The van der Waals surface area contributed by atoms with Crippen LogP contribution in [-0.2, 0) is 20.1 Å². The SMILES string of the molecule is CCNC(=NCc1cnn(-c2ccccc2)c1)NCc1cc(Cl)c(Cl)n1C.I. The lowest BCUT2D eigenvalue weighted by Crippen LogP contribution is -2.37. The van der Waals surface area contributed by atoms with E-state index >= 15 is 0 Å². The second-order valence-electron chi connectivity index (χ2n) is 6.01. The van der Waals surface area contributed by atoms with Crippen LogP contribution in [-0.4, -0.2) is 26.9 Å². The van der Waals surface area contributed by atoms with Crippen molar-refractivity contribution in [3.63, 3.8) is 0 Å². The van der Waals surface area contributed by atoms with Crippen molar-refractivity contribution in [1.29, 1.82) is 0 Å². The molecule has 0 radical (unpaired) electrons. The van der Waals surface area contributed by atoms with Crippen LogP contribution in [0.3, 0.4) is 0 Å². The molecule has 28 heavy (non-hydrogen) atoms. The Morgan fingerprint density at radius 1 is 1.18 bits per heavy atom. The van der Waals surface area contributed by atoms with Gasteiger partial charge in [-0.3, -0.25) is 0 Å². The minimum Gasteiger partial charge on any atom is -0.357 e. The van der Waals surface area contributed by atoms with Crippen LogP contribution in [0, 0.1) is 0 Å². The largest absolute Gasteiger partial charge is 0.357 e. The summed E-state index contributed by atoms with van der Waals surface area (Å²) in [6.45, 7) is 3.89. The van der Waals surface area contributed by atoms with E-state index in [0.717, 1.165) is 29.4 Å². The van der Waals surface area contributed by atoms with E-state index in [0.29, 0.717) is 23.3 Å². The van der Waals surface area contributed by atoms with Gasteiger partial charge in [-0.2, -0.15) is 5.10 Å². The topological polar surface area (TPSA) is 59.2 Å². The first-order valence-corrected chi connectivity index (χ1v) is 9.44. The van der Waals surface area contributed by atoms with E-state index < -0.39 is 0 Å². The van der Waals surface area contributed by atoms with Gasteiger partial charge in [0.05, 0.1) is 30.0 Å². The lowest BCUT2D eigenvalue weighted by Gasteiger charge is -2.11. The average Bonchev–Trinajstić information content (AvgIpc) is 3.25. The molecule has 0 aliphatic rings. The molecule has 0 amide bonds. The average molecular weight is 533 g/mol. The minimum atomic E-state index is 0. The molecule has 150 valence electrons. The Labute approximate surface area is 192 Å². The molecule has 0 fully saturated rings. The minimum absolute atomic E-state index is 0. The van der Waals surface area contributed by atoms with Crippen molar-refractivity contribution in [2.75, 3.05) is 6.54 Å². The van der Waals surface area contributed by atoms with E-state index in [-0.39, 0.29) is 24.0 Å². The third-order valence-electron chi connectivity index (χ3n) is 4.07. The van der Waals surface area contributed by atoms with E-state index in [1.54, 1.807) is 0 Å². The third kappa shape index (κ3) is 5.65. The first kappa shape index (κ1) is 22.6. The third-order valence-corrected chi connectivity index (χ3v) is 4.92. The van der Waals surface area contributed by atoms with E-state index in [9.17, 15) is 0 Å². The first-order valence-electron chi connectivity index (χ1n) is 8.69. The maximum atomic E-state index is 6.12. The normalized spacial score (nSPS) is 11.2. The lowest BCUT2D eigenvalue weighted by atomic mass is 10.3. The van der Waals surface area contributed by atoms with Crippen molar-refractivity contribution in [3.05, 3.63) is 70.2 Å². The Hall–Kier alpha value is -1.71. The van der Waals surface area contributed by atoms with Gasteiger partial charge >= 0.3 is 0 Å². The second-order valence-corrected chi connectivity index (χ2v) is 6.78. The fourth-order valence-corrected chi connectivity index (χ4v) is 3.02. The van der Waals surface area contributed by atoms with Crippen LogP contribution in [0.1, 0.15) is 18.2 Å². The van der Waals surface area contributed by atoms with Crippen molar-refractivity contribution < 1.29 is 0 Å². The van der Waals surface area contributed by atoms with Crippen LogP contribution in [0.15, 0.2) is 53.8 Å². The van der Waals surface area contributed by atoms with Crippen LogP contribution in [0.25, 0.3) is 5.69 Å². The number of halogens is 3. The highest BCUT2D eigenvalue weighted by molar-refractivity contribution is 14.0. The quantitative estimate of drug-likeness (QED) is 0.281. The van der Waals surface area contributed by atoms with Crippen molar-refractivity contribution in [2.45, 2.75) is 20.0 Å². The zero-order chi connectivity index (χ0) is 19.2. The summed E-state index contributed by atoms with van der Waals surface area (Å²) in [5.41, 5.74) is 3.03. The van der Waals surface area contributed by atoms with Gasteiger partial charge in [0, 0.05) is 31.0 Å². The van der Waals surface area contributed by atoms with Crippen molar-refractivity contribution >= 4 is 53.1 Å². The Morgan fingerprint density at radius 3 is 2.57 bits per heavy atom. The molecule has 0 saturated carbocycles. The Balaban J connectivity index is 0.00000280. The van der Waals surface area contributed by atoms with Gasteiger partial charge in [-0.05, 0) is 25.1 Å². The number of para-hydroxylation sites is 1. The molecule has 3 aromatic rings.